The molecule has 1 aliphatic heterocycles. The van der Waals surface area contributed by atoms with Crippen molar-refractivity contribution in [1.82, 2.24) is 15.3 Å². The van der Waals surface area contributed by atoms with Gasteiger partial charge in [-0.25, -0.2) is 9.97 Å². The van der Waals surface area contributed by atoms with Crippen LogP contribution in [0.4, 0.5) is 0 Å². The van der Waals surface area contributed by atoms with Gasteiger partial charge in [-0.3, -0.25) is 4.79 Å². The lowest BCUT2D eigenvalue weighted by atomic mass is 10.1. The Morgan fingerprint density at radius 2 is 2.55 bits per heavy atom. The molecule has 1 radical (unpaired) electrons. The molecule has 1 amide bonds. The van der Waals surface area contributed by atoms with Crippen molar-refractivity contribution < 1.29 is 4.79 Å². The second-order valence-electron chi connectivity index (χ2n) is 2.35. The van der Waals surface area contributed by atoms with Crippen molar-refractivity contribution in [1.29, 1.82) is 0 Å². The molecule has 0 fully saturated rings. The smallest absolute Gasteiger partial charge is 0.270 e. The quantitative estimate of drug-likeness (QED) is 0.542. The number of carbonyl (C=O) groups excluding carboxylic acids is 1. The van der Waals surface area contributed by atoms with Crippen molar-refractivity contribution in [2.45, 2.75) is 6.42 Å². The second-order valence-corrected chi connectivity index (χ2v) is 2.35. The number of nitrogens with zero attached hydrogens (tertiary/aromatic N) is 2. The summed E-state index contributed by atoms with van der Waals surface area (Å²) in [6.07, 6.45) is 4.85. The van der Waals surface area contributed by atoms with E-state index in [4.69, 9.17) is 0 Å². The maximum atomic E-state index is 11.1. The molecule has 4 nitrogen and oxygen atoms in total. The summed E-state index contributed by atoms with van der Waals surface area (Å²) in [4.78, 5) is 18.5. The van der Waals surface area contributed by atoms with Crippen molar-refractivity contribution >= 4 is 5.91 Å². The fourth-order valence-corrected chi connectivity index (χ4v) is 1.09. The van der Waals surface area contributed by atoms with Crippen LogP contribution in [0.25, 0.3) is 0 Å². The molecule has 0 aromatic carbocycles. The molecule has 0 spiro atoms. The predicted molar refractivity (Wildman–Crippen MR) is 36.9 cm³/mol. The predicted octanol–water partition coefficient (Wildman–Crippen LogP) is -0.437. The topological polar surface area (TPSA) is 54.9 Å². The summed E-state index contributed by atoms with van der Waals surface area (Å²) < 4.78 is 0. The fraction of sp³-hybridized carbons (Fsp3) is 0.286. The third kappa shape index (κ3) is 0.960. The maximum absolute atomic E-state index is 11.1. The monoisotopic (exact) mass is 148 g/mol. The van der Waals surface area contributed by atoms with Crippen LogP contribution in [0.15, 0.2) is 6.20 Å². The zero-order chi connectivity index (χ0) is 7.68. The Morgan fingerprint density at radius 3 is 3.36 bits per heavy atom. The molecule has 1 aromatic rings. The van der Waals surface area contributed by atoms with E-state index in [0.717, 1.165) is 12.0 Å². The number of nitrogens with one attached hydrogen (secondary N) is 1. The van der Waals surface area contributed by atoms with E-state index in [1.807, 2.05) is 0 Å². The van der Waals surface area contributed by atoms with Crippen molar-refractivity contribution in [2.75, 3.05) is 6.54 Å². The van der Waals surface area contributed by atoms with E-state index in [1.54, 1.807) is 6.20 Å². The first kappa shape index (κ1) is 6.27. The van der Waals surface area contributed by atoms with Gasteiger partial charge in [-0.2, -0.15) is 0 Å². The highest BCUT2D eigenvalue weighted by Gasteiger charge is 2.16. The number of hydrogen-bond donors (Lipinski definition) is 1. The van der Waals surface area contributed by atoms with Gasteiger partial charge in [0.05, 0.1) is 0 Å². The van der Waals surface area contributed by atoms with E-state index in [1.165, 1.54) is 0 Å². The zero-order valence-electron chi connectivity index (χ0n) is 5.79. The fourth-order valence-electron chi connectivity index (χ4n) is 1.09. The molecule has 0 saturated heterocycles. The molecular weight excluding hydrogens is 142 g/mol. The van der Waals surface area contributed by atoms with Gasteiger partial charge in [0.15, 0.2) is 6.33 Å². The average Bonchev–Trinajstić information content (AvgIpc) is 2.06. The molecule has 55 valence electrons. The molecule has 1 aliphatic rings. The normalized spacial score (nSPS) is 15.5. The molecule has 0 unspecified atom stereocenters. The van der Waals surface area contributed by atoms with E-state index in [9.17, 15) is 4.79 Å². The summed E-state index contributed by atoms with van der Waals surface area (Å²) in [5, 5.41) is 2.69. The number of fused-ring (bicyclic) bond motifs is 1. The summed E-state index contributed by atoms with van der Waals surface area (Å²) in [5.74, 6) is -0.120. The molecule has 0 saturated carbocycles. The summed E-state index contributed by atoms with van der Waals surface area (Å²) in [6.45, 7) is 0.680. The SMILES string of the molecule is O=C1NCCc2cn[c]nc21. The van der Waals surface area contributed by atoms with Crippen LogP contribution in [0.1, 0.15) is 16.1 Å². The summed E-state index contributed by atoms with van der Waals surface area (Å²) >= 11 is 0. The van der Waals surface area contributed by atoms with Crippen molar-refractivity contribution in [2.24, 2.45) is 0 Å². The largest absolute Gasteiger partial charge is 0.350 e. The molecule has 1 aromatic heterocycles. The number of amides is 1. The van der Waals surface area contributed by atoms with Crippen molar-refractivity contribution in [3.63, 3.8) is 0 Å². The van der Waals surface area contributed by atoms with Crippen LogP contribution >= 0.6 is 0 Å². The van der Waals surface area contributed by atoms with Gasteiger partial charge in [0.1, 0.15) is 5.69 Å². The Hall–Kier alpha value is -1.45. The van der Waals surface area contributed by atoms with Crippen LogP contribution in [0, 0.1) is 6.33 Å². The molecular formula is C7H6N3O. The molecule has 1 N–H and O–H groups in total. The van der Waals surface area contributed by atoms with Crippen LogP contribution in [0.5, 0.6) is 0 Å². The highest BCUT2D eigenvalue weighted by atomic mass is 16.1. The molecule has 11 heavy (non-hydrogen) atoms. The first-order valence-corrected chi connectivity index (χ1v) is 3.38. The molecule has 0 aliphatic carbocycles. The molecule has 2 rings (SSSR count). The first-order chi connectivity index (χ1) is 5.38. The standard InChI is InChI=1S/C7H6N3O/c11-7-6-5(1-2-9-7)3-8-4-10-6/h3H,1-2H2,(H,9,11). The number of hydrogen-bond acceptors (Lipinski definition) is 3. The lowest BCUT2D eigenvalue weighted by molar-refractivity contribution is 0.0940. The lowest BCUT2D eigenvalue weighted by Gasteiger charge is -2.12. The minimum absolute atomic E-state index is 0.120. The van der Waals surface area contributed by atoms with Crippen LogP contribution in [-0.4, -0.2) is 22.4 Å². The van der Waals surface area contributed by atoms with Crippen LogP contribution in [0.3, 0.4) is 0 Å². The van der Waals surface area contributed by atoms with Gasteiger partial charge in [-0.05, 0) is 6.42 Å². The van der Waals surface area contributed by atoms with E-state index >= 15 is 0 Å². The average molecular weight is 148 g/mol. The highest BCUT2D eigenvalue weighted by Crippen LogP contribution is 2.07. The van der Waals surface area contributed by atoms with Gasteiger partial charge < -0.3 is 5.32 Å². The van der Waals surface area contributed by atoms with Crippen molar-refractivity contribution in [3.05, 3.63) is 23.8 Å². The van der Waals surface area contributed by atoms with E-state index in [-0.39, 0.29) is 5.91 Å². The third-order valence-corrected chi connectivity index (χ3v) is 1.64. The molecule has 0 atom stereocenters. The van der Waals surface area contributed by atoms with Crippen LogP contribution < -0.4 is 5.32 Å². The highest BCUT2D eigenvalue weighted by molar-refractivity contribution is 5.94. The molecule has 0 bridgehead atoms. The van der Waals surface area contributed by atoms with Crippen LogP contribution in [-0.2, 0) is 6.42 Å². The zero-order valence-corrected chi connectivity index (χ0v) is 5.79. The van der Waals surface area contributed by atoms with Gasteiger partial charge in [-0.15, -0.1) is 0 Å². The summed E-state index contributed by atoms with van der Waals surface area (Å²) in [7, 11) is 0. The number of rotatable bonds is 0. The van der Waals surface area contributed by atoms with E-state index in [2.05, 4.69) is 21.6 Å². The minimum atomic E-state index is -0.120. The van der Waals surface area contributed by atoms with Gasteiger partial charge in [0.2, 0.25) is 0 Å². The Kier molecular flexibility index (Phi) is 1.31. The Morgan fingerprint density at radius 1 is 1.64 bits per heavy atom. The Bertz CT molecular complexity index is 297. The van der Waals surface area contributed by atoms with Gasteiger partial charge in [0, 0.05) is 18.3 Å². The van der Waals surface area contributed by atoms with Gasteiger partial charge in [-0.1, -0.05) is 0 Å². The number of aromatic nitrogens is 2. The van der Waals surface area contributed by atoms with E-state index < -0.39 is 0 Å². The molecule has 2 heterocycles. The number of carbonyl (C=O) groups is 1. The summed E-state index contributed by atoms with van der Waals surface area (Å²) in [6, 6.07) is 0. The third-order valence-electron chi connectivity index (χ3n) is 1.64. The minimum Gasteiger partial charge on any atom is -0.350 e. The molecule has 4 heteroatoms. The Labute approximate surface area is 63.7 Å². The van der Waals surface area contributed by atoms with Crippen molar-refractivity contribution in [3.8, 4) is 0 Å². The van der Waals surface area contributed by atoms with Gasteiger partial charge >= 0.3 is 0 Å². The van der Waals surface area contributed by atoms with E-state index in [0.29, 0.717) is 12.2 Å². The van der Waals surface area contributed by atoms with Crippen LogP contribution in [0.2, 0.25) is 0 Å². The van der Waals surface area contributed by atoms with Gasteiger partial charge in [0.25, 0.3) is 5.91 Å². The Balaban J connectivity index is 2.52. The lowest BCUT2D eigenvalue weighted by Crippen LogP contribution is -2.32. The second kappa shape index (κ2) is 2.30. The first-order valence-electron chi connectivity index (χ1n) is 3.38. The summed E-state index contributed by atoms with van der Waals surface area (Å²) in [5.41, 5.74) is 1.37. The maximum Gasteiger partial charge on any atom is 0.270 e.